The van der Waals surface area contributed by atoms with Crippen LogP contribution in [0.15, 0.2) is 0 Å². The van der Waals surface area contributed by atoms with E-state index in [1.807, 2.05) is 14.1 Å². The molecular formula is C15H29N3O2. The molecule has 1 rings (SSSR count). The zero-order chi connectivity index (χ0) is 15.2. The van der Waals surface area contributed by atoms with Crippen LogP contribution in [-0.4, -0.2) is 61.9 Å². The molecular weight excluding hydrogens is 254 g/mol. The first-order valence-electron chi connectivity index (χ1n) is 7.67. The zero-order valence-corrected chi connectivity index (χ0v) is 13.4. The number of carbonyl (C=O) groups excluding carboxylic acids is 2. The van der Waals surface area contributed by atoms with Gasteiger partial charge in [0.1, 0.15) is 0 Å². The third kappa shape index (κ3) is 3.95. The highest BCUT2D eigenvalue weighted by Gasteiger charge is 2.44. The second-order valence-electron chi connectivity index (χ2n) is 5.93. The third-order valence-electron chi connectivity index (χ3n) is 4.08. The van der Waals surface area contributed by atoms with E-state index in [9.17, 15) is 9.59 Å². The van der Waals surface area contributed by atoms with Crippen LogP contribution in [0.1, 0.15) is 39.5 Å². The summed E-state index contributed by atoms with van der Waals surface area (Å²) in [5.74, 6) is 0.191. The van der Waals surface area contributed by atoms with Gasteiger partial charge in [0, 0.05) is 40.2 Å². The van der Waals surface area contributed by atoms with Gasteiger partial charge in [-0.05, 0) is 25.8 Å². The van der Waals surface area contributed by atoms with E-state index in [0.717, 1.165) is 38.9 Å². The van der Waals surface area contributed by atoms with E-state index in [1.54, 1.807) is 9.80 Å². The largest absolute Gasteiger partial charge is 0.346 e. The van der Waals surface area contributed by atoms with E-state index in [1.165, 1.54) is 0 Å². The summed E-state index contributed by atoms with van der Waals surface area (Å²) in [6, 6.07) is 0. The summed E-state index contributed by atoms with van der Waals surface area (Å²) >= 11 is 0. The summed E-state index contributed by atoms with van der Waals surface area (Å²) in [7, 11) is 3.66. The Balaban J connectivity index is 2.77. The van der Waals surface area contributed by atoms with Gasteiger partial charge in [0.2, 0.25) is 11.8 Å². The fourth-order valence-corrected chi connectivity index (χ4v) is 2.88. The van der Waals surface area contributed by atoms with Crippen molar-refractivity contribution in [2.75, 3.05) is 40.3 Å². The normalized spacial score (nSPS) is 21.8. The molecule has 0 aliphatic carbocycles. The quantitative estimate of drug-likeness (QED) is 0.761. The molecule has 0 aromatic heterocycles. The Morgan fingerprint density at radius 3 is 2.20 bits per heavy atom. The first-order chi connectivity index (χ1) is 9.46. The Morgan fingerprint density at radius 1 is 1.10 bits per heavy atom. The minimum absolute atomic E-state index is 0.0776. The molecule has 5 heteroatoms. The van der Waals surface area contributed by atoms with E-state index in [4.69, 9.17) is 0 Å². The highest BCUT2D eigenvalue weighted by atomic mass is 16.2. The van der Waals surface area contributed by atoms with Crippen molar-refractivity contribution in [2.45, 2.75) is 39.5 Å². The van der Waals surface area contributed by atoms with Gasteiger partial charge in [-0.3, -0.25) is 9.59 Å². The lowest BCUT2D eigenvalue weighted by Crippen LogP contribution is -2.46. The summed E-state index contributed by atoms with van der Waals surface area (Å²) in [5, 5.41) is 3.25. The van der Waals surface area contributed by atoms with Crippen LogP contribution in [0.4, 0.5) is 0 Å². The predicted molar refractivity (Wildman–Crippen MR) is 80.4 cm³/mol. The van der Waals surface area contributed by atoms with E-state index in [0.29, 0.717) is 13.0 Å². The number of nitrogens with one attached hydrogen (secondary N) is 1. The average molecular weight is 283 g/mol. The van der Waals surface area contributed by atoms with Crippen molar-refractivity contribution < 1.29 is 9.59 Å². The van der Waals surface area contributed by atoms with Crippen LogP contribution in [0.2, 0.25) is 0 Å². The summed E-state index contributed by atoms with van der Waals surface area (Å²) in [4.78, 5) is 28.5. The predicted octanol–water partition coefficient (Wildman–Crippen LogP) is 1.09. The van der Waals surface area contributed by atoms with Gasteiger partial charge in [0.25, 0.3) is 0 Å². The fourth-order valence-electron chi connectivity index (χ4n) is 2.88. The number of carbonyl (C=O) groups is 2. The molecule has 2 amide bonds. The molecule has 1 unspecified atom stereocenters. The van der Waals surface area contributed by atoms with E-state index >= 15 is 0 Å². The molecule has 1 fully saturated rings. The molecule has 1 atom stereocenters. The molecule has 5 nitrogen and oxygen atoms in total. The molecule has 0 aromatic carbocycles. The second-order valence-corrected chi connectivity index (χ2v) is 5.93. The summed E-state index contributed by atoms with van der Waals surface area (Å²) in [5.41, 5.74) is -0.539. The Hall–Kier alpha value is -1.10. The van der Waals surface area contributed by atoms with Crippen LogP contribution in [0.5, 0.6) is 0 Å². The summed E-state index contributed by atoms with van der Waals surface area (Å²) < 4.78 is 0. The van der Waals surface area contributed by atoms with Gasteiger partial charge in [0.15, 0.2) is 0 Å². The lowest BCUT2D eigenvalue weighted by molar-refractivity contribution is -0.145. The van der Waals surface area contributed by atoms with Gasteiger partial charge >= 0.3 is 0 Å². The Bertz CT molecular complexity index is 338. The van der Waals surface area contributed by atoms with Crippen LogP contribution in [0, 0.1) is 5.41 Å². The number of hydrogen-bond acceptors (Lipinski definition) is 3. The maximum absolute atomic E-state index is 12.7. The molecule has 1 heterocycles. The Labute approximate surface area is 122 Å². The van der Waals surface area contributed by atoms with Crippen molar-refractivity contribution in [3.63, 3.8) is 0 Å². The smallest absolute Gasteiger partial charge is 0.230 e. The van der Waals surface area contributed by atoms with Gasteiger partial charge in [-0.15, -0.1) is 0 Å². The van der Waals surface area contributed by atoms with Crippen molar-refractivity contribution in [1.82, 2.24) is 15.1 Å². The minimum Gasteiger partial charge on any atom is -0.346 e. The van der Waals surface area contributed by atoms with Crippen LogP contribution in [0.25, 0.3) is 0 Å². The molecule has 1 N–H and O–H groups in total. The SMILES string of the molecule is CCCN(C)C(=O)CC1(C(=O)N(C)CCC)CCNC1. The molecule has 0 bridgehead atoms. The Kier molecular flexibility index (Phi) is 6.46. The molecule has 20 heavy (non-hydrogen) atoms. The van der Waals surface area contributed by atoms with Crippen LogP contribution in [-0.2, 0) is 9.59 Å². The molecule has 0 aromatic rings. The van der Waals surface area contributed by atoms with Gasteiger partial charge < -0.3 is 15.1 Å². The van der Waals surface area contributed by atoms with Gasteiger partial charge in [-0.25, -0.2) is 0 Å². The van der Waals surface area contributed by atoms with Gasteiger partial charge in [-0.1, -0.05) is 13.8 Å². The summed E-state index contributed by atoms with van der Waals surface area (Å²) in [6.45, 7) is 7.04. The number of nitrogens with zero attached hydrogens (tertiary/aromatic N) is 2. The lowest BCUT2D eigenvalue weighted by atomic mass is 9.81. The number of hydrogen-bond donors (Lipinski definition) is 1. The molecule has 0 radical (unpaired) electrons. The van der Waals surface area contributed by atoms with E-state index < -0.39 is 5.41 Å². The van der Waals surface area contributed by atoms with Gasteiger partial charge in [-0.2, -0.15) is 0 Å². The lowest BCUT2D eigenvalue weighted by Gasteiger charge is -2.32. The van der Waals surface area contributed by atoms with Crippen molar-refractivity contribution in [3.8, 4) is 0 Å². The van der Waals surface area contributed by atoms with Crippen LogP contribution < -0.4 is 5.32 Å². The van der Waals surface area contributed by atoms with E-state index in [-0.39, 0.29) is 11.8 Å². The highest BCUT2D eigenvalue weighted by Crippen LogP contribution is 2.32. The van der Waals surface area contributed by atoms with Crippen molar-refractivity contribution >= 4 is 11.8 Å². The minimum atomic E-state index is -0.539. The van der Waals surface area contributed by atoms with Crippen LogP contribution in [0.3, 0.4) is 0 Å². The topological polar surface area (TPSA) is 52.7 Å². The van der Waals surface area contributed by atoms with E-state index in [2.05, 4.69) is 19.2 Å². The standard InChI is InChI=1S/C15H29N3O2/c1-5-9-17(3)13(19)11-15(7-8-16-12-15)14(20)18(4)10-6-2/h16H,5-12H2,1-4H3. The summed E-state index contributed by atoms with van der Waals surface area (Å²) in [6.07, 6.45) is 2.96. The van der Waals surface area contributed by atoms with Crippen molar-refractivity contribution in [3.05, 3.63) is 0 Å². The zero-order valence-electron chi connectivity index (χ0n) is 13.4. The van der Waals surface area contributed by atoms with Gasteiger partial charge in [0.05, 0.1) is 5.41 Å². The highest BCUT2D eigenvalue weighted by molar-refractivity contribution is 5.89. The second kappa shape index (κ2) is 7.62. The van der Waals surface area contributed by atoms with Crippen molar-refractivity contribution in [2.24, 2.45) is 5.41 Å². The molecule has 0 saturated carbocycles. The van der Waals surface area contributed by atoms with Crippen molar-refractivity contribution in [1.29, 1.82) is 0 Å². The maximum atomic E-state index is 12.7. The third-order valence-corrected chi connectivity index (χ3v) is 4.08. The fraction of sp³-hybridized carbons (Fsp3) is 0.867. The molecule has 1 aliphatic heterocycles. The molecule has 1 aliphatic rings. The molecule has 1 saturated heterocycles. The Morgan fingerprint density at radius 2 is 1.70 bits per heavy atom. The monoisotopic (exact) mass is 283 g/mol. The average Bonchev–Trinajstić information content (AvgIpc) is 2.88. The maximum Gasteiger partial charge on any atom is 0.230 e. The first-order valence-corrected chi connectivity index (χ1v) is 7.67. The first kappa shape index (κ1) is 17.0. The van der Waals surface area contributed by atoms with Crippen LogP contribution >= 0.6 is 0 Å². The number of amides is 2. The molecule has 0 spiro atoms. The number of rotatable bonds is 7. The molecule has 116 valence electrons.